The normalized spacial score (nSPS) is 37.1. The van der Waals surface area contributed by atoms with Crippen molar-refractivity contribution < 1.29 is 29.0 Å². The van der Waals surface area contributed by atoms with Crippen LogP contribution in [-0.4, -0.2) is 82.3 Å². The number of unbranched alkanes of at least 4 members (excludes halogenated alkanes) is 2. The highest BCUT2D eigenvalue weighted by atomic mass is 16.6. The van der Waals surface area contributed by atoms with Crippen molar-refractivity contribution in [2.75, 3.05) is 26.3 Å². The number of likely N-dealkylation sites (tertiary alicyclic amines) is 1. The SMILES string of the molecule is CC(C)N1CC=C[C@]23O[C@@]4(C)/C=C\CCCOC(=O)[C@H]4[C@H]2C(=O)N(CCCCCO)C3C1=O. The maximum atomic E-state index is 13.9. The summed E-state index contributed by atoms with van der Waals surface area (Å²) in [6, 6.07) is -0.875. The minimum absolute atomic E-state index is 0.0401. The van der Waals surface area contributed by atoms with Gasteiger partial charge in [-0.05, 0) is 52.9 Å². The summed E-state index contributed by atoms with van der Waals surface area (Å²) in [5, 5.41) is 9.13. The van der Waals surface area contributed by atoms with Gasteiger partial charge in [-0.1, -0.05) is 24.3 Å². The van der Waals surface area contributed by atoms with Crippen molar-refractivity contribution in [3.05, 3.63) is 24.3 Å². The van der Waals surface area contributed by atoms with E-state index in [4.69, 9.17) is 14.6 Å². The van der Waals surface area contributed by atoms with E-state index in [1.165, 1.54) is 0 Å². The third-order valence-electron chi connectivity index (χ3n) is 7.46. The van der Waals surface area contributed by atoms with Crippen LogP contribution in [0.2, 0.25) is 0 Å². The zero-order valence-corrected chi connectivity index (χ0v) is 19.9. The predicted molar refractivity (Wildman–Crippen MR) is 121 cm³/mol. The van der Waals surface area contributed by atoms with E-state index in [1.54, 1.807) is 9.80 Å². The number of ether oxygens (including phenoxy) is 2. The van der Waals surface area contributed by atoms with Crippen LogP contribution in [0.5, 0.6) is 0 Å². The van der Waals surface area contributed by atoms with Gasteiger partial charge in [0.2, 0.25) is 11.8 Å². The minimum atomic E-state index is -1.23. The number of nitrogens with zero attached hydrogens (tertiary/aromatic N) is 2. The van der Waals surface area contributed by atoms with E-state index in [9.17, 15) is 14.4 Å². The van der Waals surface area contributed by atoms with Crippen LogP contribution < -0.4 is 0 Å². The van der Waals surface area contributed by atoms with Crippen LogP contribution in [0.3, 0.4) is 0 Å². The summed E-state index contributed by atoms with van der Waals surface area (Å²) in [6.07, 6.45) is 11.2. The molecule has 0 aliphatic carbocycles. The molecule has 33 heavy (non-hydrogen) atoms. The predicted octanol–water partition coefficient (Wildman–Crippen LogP) is 1.82. The van der Waals surface area contributed by atoms with E-state index in [2.05, 4.69) is 0 Å². The molecule has 2 fully saturated rings. The summed E-state index contributed by atoms with van der Waals surface area (Å²) in [4.78, 5) is 44.4. The molecule has 0 aromatic carbocycles. The summed E-state index contributed by atoms with van der Waals surface area (Å²) in [5.74, 6) is -2.47. The Morgan fingerprint density at radius 1 is 1.09 bits per heavy atom. The zero-order valence-electron chi connectivity index (χ0n) is 19.9. The molecule has 8 heteroatoms. The molecule has 4 heterocycles. The fraction of sp³-hybridized carbons (Fsp3) is 0.720. The van der Waals surface area contributed by atoms with Gasteiger partial charge in [0.25, 0.3) is 0 Å². The number of aliphatic hydroxyl groups is 1. The Bertz CT molecular complexity index is 854. The van der Waals surface area contributed by atoms with Crippen LogP contribution in [-0.2, 0) is 23.9 Å². The first-order valence-corrected chi connectivity index (χ1v) is 12.2. The van der Waals surface area contributed by atoms with E-state index in [0.29, 0.717) is 32.5 Å². The number of fused-ring (bicyclic) bond motifs is 2. The Hall–Kier alpha value is -2.19. The van der Waals surface area contributed by atoms with Crippen LogP contribution in [0.25, 0.3) is 0 Å². The summed E-state index contributed by atoms with van der Waals surface area (Å²) in [5.41, 5.74) is -2.27. The summed E-state index contributed by atoms with van der Waals surface area (Å²) < 4.78 is 12.3. The quantitative estimate of drug-likeness (QED) is 0.369. The van der Waals surface area contributed by atoms with E-state index < -0.39 is 35.0 Å². The van der Waals surface area contributed by atoms with Gasteiger partial charge in [0, 0.05) is 25.7 Å². The zero-order chi connectivity index (χ0) is 23.8. The number of hydrogen-bond donors (Lipinski definition) is 1. The average Bonchev–Trinajstić information content (AvgIpc) is 3.10. The highest BCUT2D eigenvalue weighted by molar-refractivity contribution is 5.99. The number of carbonyl (C=O) groups is 3. The molecule has 4 aliphatic rings. The lowest BCUT2D eigenvalue weighted by atomic mass is 9.74. The summed E-state index contributed by atoms with van der Waals surface area (Å²) in [7, 11) is 0. The number of allylic oxidation sites excluding steroid dienone is 1. The molecule has 4 aliphatic heterocycles. The molecular formula is C25H36N2O6. The van der Waals surface area contributed by atoms with Crippen molar-refractivity contribution in [3.8, 4) is 0 Å². The maximum absolute atomic E-state index is 13.9. The van der Waals surface area contributed by atoms with Crippen molar-refractivity contribution >= 4 is 17.8 Å². The highest BCUT2D eigenvalue weighted by Gasteiger charge is 2.74. The molecule has 1 unspecified atom stereocenters. The van der Waals surface area contributed by atoms with E-state index in [1.807, 2.05) is 45.1 Å². The minimum Gasteiger partial charge on any atom is -0.465 e. The topological polar surface area (TPSA) is 96.4 Å². The molecule has 0 aromatic rings. The first-order chi connectivity index (χ1) is 15.8. The fourth-order valence-electron chi connectivity index (χ4n) is 5.93. The number of amides is 2. The second kappa shape index (κ2) is 9.22. The van der Waals surface area contributed by atoms with Gasteiger partial charge in [0.15, 0.2) is 0 Å². The van der Waals surface area contributed by atoms with Gasteiger partial charge in [-0.25, -0.2) is 0 Å². The Balaban J connectivity index is 1.80. The van der Waals surface area contributed by atoms with Crippen LogP contribution in [0.1, 0.15) is 52.9 Å². The Kier molecular flexibility index (Phi) is 6.69. The Labute approximate surface area is 195 Å². The maximum Gasteiger partial charge on any atom is 0.313 e. The molecular weight excluding hydrogens is 424 g/mol. The van der Waals surface area contributed by atoms with Crippen molar-refractivity contribution in [1.82, 2.24) is 9.80 Å². The fourth-order valence-corrected chi connectivity index (χ4v) is 5.93. The van der Waals surface area contributed by atoms with Gasteiger partial charge in [0.1, 0.15) is 17.6 Å². The summed E-state index contributed by atoms with van der Waals surface area (Å²) >= 11 is 0. The molecule has 1 spiro atoms. The second-order valence-electron chi connectivity index (χ2n) is 10.0. The largest absolute Gasteiger partial charge is 0.465 e. The van der Waals surface area contributed by atoms with Crippen LogP contribution in [0, 0.1) is 11.8 Å². The first-order valence-electron chi connectivity index (χ1n) is 12.2. The lowest BCUT2D eigenvalue weighted by molar-refractivity contribution is -0.159. The lowest BCUT2D eigenvalue weighted by Crippen LogP contribution is -2.57. The monoisotopic (exact) mass is 460 g/mol. The molecule has 0 bridgehead atoms. The molecule has 182 valence electrons. The number of carbonyl (C=O) groups excluding carboxylic acids is 3. The third-order valence-corrected chi connectivity index (χ3v) is 7.46. The van der Waals surface area contributed by atoms with Gasteiger partial charge in [-0.3, -0.25) is 14.4 Å². The molecule has 0 aromatic heterocycles. The molecule has 0 saturated carbocycles. The van der Waals surface area contributed by atoms with Gasteiger partial charge in [-0.15, -0.1) is 0 Å². The van der Waals surface area contributed by atoms with Gasteiger partial charge >= 0.3 is 5.97 Å². The molecule has 2 amide bonds. The van der Waals surface area contributed by atoms with Crippen molar-refractivity contribution in [3.63, 3.8) is 0 Å². The lowest BCUT2D eigenvalue weighted by Gasteiger charge is -2.38. The molecule has 0 radical (unpaired) electrons. The number of aliphatic hydroxyl groups excluding tert-OH is 1. The smallest absolute Gasteiger partial charge is 0.313 e. The molecule has 4 rings (SSSR count). The molecule has 1 N–H and O–H groups in total. The Morgan fingerprint density at radius 3 is 2.61 bits per heavy atom. The standard InChI is InChI=1S/C25H36N2O6/c1-17(2)26-14-10-12-25-18(19-23(31)32-16-9-4-6-11-24(19,3)33-25)21(29)27(20(25)22(26)30)13-7-5-8-15-28/h6,10-12,17-20,28H,4-5,7-9,13-16H2,1-3H3/b11-6-/t18-,19+,20?,24-,25-/m0/s1. The molecule has 5 atom stereocenters. The van der Waals surface area contributed by atoms with Crippen LogP contribution in [0.4, 0.5) is 0 Å². The van der Waals surface area contributed by atoms with Crippen LogP contribution >= 0.6 is 0 Å². The van der Waals surface area contributed by atoms with E-state index in [-0.39, 0.29) is 24.5 Å². The second-order valence-corrected chi connectivity index (χ2v) is 10.0. The van der Waals surface area contributed by atoms with Crippen molar-refractivity contribution in [2.24, 2.45) is 11.8 Å². The number of esters is 1. The van der Waals surface area contributed by atoms with Gasteiger partial charge < -0.3 is 24.4 Å². The van der Waals surface area contributed by atoms with Gasteiger partial charge in [-0.2, -0.15) is 0 Å². The number of cyclic esters (lactones) is 1. The molecule has 8 nitrogen and oxygen atoms in total. The number of rotatable bonds is 6. The third kappa shape index (κ3) is 3.91. The van der Waals surface area contributed by atoms with Gasteiger partial charge in [0.05, 0.1) is 18.1 Å². The van der Waals surface area contributed by atoms with E-state index >= 15 is 0 Å². The molecule has 2 saturated heterocycles. The van der Waals surface area contributed by atoms with Crippen molar-refractivity contribution in [1.29, 1.82) is 0 Å². The summed E-state index contributed by atoms with van der Waals surface area (Å²) in [6.45, 7) is 6.94. The van der Waals surface area contributed by atoms with E-state index in [0.717, 1.165) is 19.3 Å². The van der Waals surface area contributed by atoms with Crippen molar-refractivity contribution in [2.45, 2.75) is 76.2 Å². The number of hydrogen-bond acceptors (Lipinski definition) is 6. The highest BCUT2D eigenvalue weighted by Crippen LogP contribution is 2.57. The average molecular weight is 461 g/mol. The Morgan fingerprint density at radius 2 is 1.88 bits per heavy atom. The van der Waals surface area contributed by atoms with Crippen LogP contribution in [0.15, 0.2) is 24.3 Å². The first kappa shape index (κ1) is 24.0.